The van der Waals surface area contributed by atoms with Gasteiger partial charge in [-0.25, -0.2) is 0 Å². The average molecular weight is 407 g/mol. The molecular formula is C19H18O2S4. The second kappa shape index (κ2) is 10.1. The average Bonchev–Trinajstić information content (AvgIpc) is 2.60. The van der Waals surface area contributed by atoms with E-state index < -0.39 is 0 Å². The fraction of sp³-hybridized carbons (Fsp3) is 0.211. The number of hydrogen-bond acceptors (Lipinski definition) is 6. The fourth-order valence-electron chi connectivity index (χ4n) is 2.03. The topological polar surface area (TPSA) is 26.3 Å². The van der Waals surface area contributed by atoms with E-state index in [1.807, 2.05) is 55.5 Å². The molecule has 0 aromatic heterocycles. The van der Waals surface area contributed by atoms with E-state index >= 15 is 0 Å². The first-order valence-corrected chi connectivity index (χ1v) is 10.2. The molecule has 130 valence electrons. The highest BCUT2D eigenvalue weighted by Gasteiger charge is 2.15. The number of thiocarbonyl (C=S) groups is 2. The standard InChI is InChI=1S/C19H18O2S4/c1-3-12-21-18(22)14-8-4-6-10-16(14)25-19(23)15-9-5-7-11-17(15)24-13(2)20/h4-11H,3,12H2,1-2H3. The molecule has 2 nitrogen and oxygen atoms in total. The van der Waals surface area contributed by atoms with Crippen molar-refractivity contribution in [2.75, 3.05) is 6.61 Å². The molecule has 0 unspecified atom stereocenters. The summed E-state index contributed by atoms with van der Waals surface area (Å²) in [7, 11) is 0. The molecule has 0 saturated heterocycles. The summed E-state index contributed by atoms with van der Waals surface area (Å²) >= 11 is 13.7. The molecule has 6 heteroatoms. The predicted octanol–water partition coefficient (Wildman–Crippen LogP) is 5.90. The van der Waals surface area contributed by atoms with Crippen molar-refractivity contribution in [2.45, 2.75) is 30.1 Å². The molecule has 0 aliphatic rings. The molecule has 0 fully saturated rings. The highest BCUT2D eigenvalue weighted by molar-refractivity contribution is 8.24. The second-order valence-electron chi connectivity index (χ2n) is 5.11. The summed E-state index contributed by atoms with van der Waals surface area (Å²) in [4.78, 5) is 13.3. The van der Waals surface area contributed by atoms with Crippen LogP contribution in [-0.4, -0.2) is 21.0 Å². The minimum atomic E-state index is 0.0368. The number of hydrogen-bond donors (Lipinski definition) is 0. The van der Waals surface area contributed by atoms with E-state index in [4.69, 9.17) is 29.2 Å². The van der Waals surface area contributed by atoms with Crippen LogP contribution >= 0.6 is 48.0 Å². The van der Waals surface area contributed by atoms with Crippen LogP contribution in [0.4, 0.5) is 0 Å². The molecule has 2 aromatic carbocycles. The summed E-state index contributed by atoms with van der Waals surface area (Å²) in [5.41, 5.74) is 1.76. The molecule has 2 rings (SSSR count). The molecule has 0 amide bonds. The molecule has 0 aliphatic heterocycles. The smallest absolute Gasteiger partial charge is 0.192 e. The van der Waals surface area contributed by atoms with Crippen LogP contribution in [0.5, 0.6) is 0 Å². The van der Waals surface area contributed by atoms with Crippen LogP contribution in [0.25, 0.3) is 0 Å². The number of ether oxygens (including phenoxy) is 1. The lowest BCUT2D eigenvalue weighted by atomic mass is 10.2. The molecule has 0 radical (unpaired) electrons. The molecule has 0 N–H and O–H groups in total. The number of benzene rings is 2. The van der Waals surface area contributed by atoms with Crippen LogP contribution in [0, 0.1) is 0 Å². The van der Waals surface area contributed by atoms with Crippen molar-refractivity contribution in [2.24, 2.45) is 0 Å². The van der Waals surface area contributed by atoms with Crippen molar-refractivity contribution in [3.05, 3.63) is 59.7 Å². The maximum absolute atomic E-state index is 11.5. The Kier molecular flexibility index (Phi) is 8.09. The van der Waals surface area contributed by atoms with Gasteiger partial charge in [0, 0.05) is 27.8 Å². The zero-order chi connectivity index (χ0) is 18.2. The van der Waals surface area contributed by atoms with E-state index in [1.54, 1.807) is 6.92 Å². The Balaban J connectivity index is 2.25. The number of carbonyl (C=O) groups is 1. The van der Waals surface area contributed by atoms with E-state index in [-0.39, 0.29) is 5.12 Å². The summed E-state index contributed by atoms with van der Waals surface area (Å²) in [6, 6.07) is 15.5. The number of carbonyl (C=O) groups excluding carboxylic acids is 1. The van der Waals surface area contributed by atoms with Gasteiger partial charge in [-0.15, -0.1) is 0 Å². The van der Waals surface area contributed by atoms with Gasteiger partial charge in [-0.3, -0.25) is 4.79 Å². The molecular weight excluding hydrogens is 388 g/mol. The van der Waals surface area contributed by atoms with Crippen molar-refractivity contribution in [3.8, 4) is 0 Å². The van der Waals surface area contributed by atoms with E-state index in [0.29, 0.717) is 15.9 Å². The van der Waals surface area contributed by atoms with Gasteiger partial charge in [-0.2, -0.15) is 0 Å². The lowest BCUT2D eigenvalue weighted by Gasteiger charge is -2.13. The van der Waals surface area contributed by atoms with Gasteiger partial charge in [-0.05, 0) is 36.8 Å². The fourth-order valence-corrected chi connectivity index (χ4v) is 4.57. The van der Waals surface area contributed by atoms with Crippen molar-refractivity contribution in [1.82, 2.24) is 0 Å². The Morgan fingerprint density at radius 1 is 0.960 bits per heavy atom. The molecule has 0 bridgehead atoms. The molecule has 2 aromatic rings. The lowest BCUT2D eigenvalue weighted by Crippen LogP contribution is -2.06. The van der Waals surface area contributed by atoms with Gasteiger partial charge in [0.1, 0.15) is 0 Å². The molecule has 0 spiro atoms. The van der Waals surface area contributed by atoms with Gasteiger partial charge < -0.3 is 4.74 Å². The van der Waals surface area contributed by atoms with E-state index in [2.05, 4.69) is 0 Å². The minimum Gasteiger partial charge on any atom is -0.483 e. The van der Waals surface area contributed by atoms with Gasteiger partial charge in [-0.1, -0.05) is 73.0 Å². The van der Waals surface area contributed by atoms with Gasteiger partial charge in [0.15, 0.2) is 10.2 Å². The van der Waals surface area contributed by atoms with Gasteiger partial charge in [0.05, 0.1) is 10.8 Å². The Bertz CT molecular complexity index is 786. The van der Waals surface area contributed by atoms with E-state index in [9.17, 15) is 4.79 Å². The number of rotatable bonds is 6. The molecule has 0 heterocycles. The molecule has 0 saturated carbocycles. The maximum Gasteiger partial charge on any atom is 0.192 e. The van der Waals surface area contributed by atoms with Crippen molar-refractivity contribution in [1.29, 1.82) is 0 Å². The largest absolute Gasteiger partial charge is 0.483 e. The Labute approximate surface area is 167 Å². The Morgan fingerprint density at radius 2 is 1.52 bits per heavy atom. The van der Waals surface area contributed by atoms with Crippen LogP contribution < -0.4 is 0 Å². The first-order chi connectivity index (χ1) is 12.0. The van der Waals surface area contributed by atoms with Gasteiger partial charge in [0.2, 0.25) is 0 Å². The minimum absolute atomic E-state index is 0.0368. The second-order valence-corrected chi connectivity index (χ2v) is 8.42. The monoisotopic (exact) mass is 406 g/mol. The summed E-state index contributed by atoms with van der Waals surface area (Å²) in [6.07, 6.45) is 0.906. The zero-order valence-corrected chi connectivity index (χ0v) is 17.2. The third-order valence-corrected chi connectivity index (χ3v) is 5.76. The van der Waals surface area contributed by atoms with E-state index in [0.717, 1.165) is 27.3 Å². The summed E-state index contributed by atoms with van der Waals surface area (Å²) < 4.78 is 6.31. The zero-order valence-electron chi connectivity index (χ0n) is 14.0. The van der Waals surface area contributed by atoms with Crippen molar-refractivity contribution in [3.63, 3.8) is 0 Å². The van der Waals surface area contributed by atoms with Gasteiger partial charge >= 0.3 is 0 Å². The van der Waals surface area contributed by atoms with Crippen molar-refractivity contribution >= 4 is 62.3 Å². The number of thioether (sulfide) groups is 2. The van der Waals surface area contributed by atoms with Crippen LogP contribution in [-0.2, 0) is 9.53 Å². The Hall–Kier alpha value is -1.21. The molecule has 0 atom stereocenters. The SMILES string of the molecule is CCCOC(=S)c1ccccc1SC(=S)c1ccccc1SC(C)=O. The summed E-state index contributed by atoms with van der Waals surface area (Å²) in [6.45, 7) is 4.19. The molecule has 25 heavy (non-hydrogen) atoms. The van der Waals surface area contributed by atoms with Crippen LogP contribution in [0.1, 0.15) is 31.4 Å². The normalized spacial score (nSPS) is 10.3. The maximum atomic E-state index is 11.5. The van der Waals surface area contributed by atoms with Crippen LogP contribution in [0.3, 0.4) is 0 Å². The highest BCUT2D eigenvalue weighted by Crippen LogP contribution is 2.32. The van der Waals surface area contributed by atoms with Crippen LogP contribution in [0.2, 0.25) is 0 Å². The molecule has 0 aliphatic carbocycles. The first kappa shape index (κ1) is 20.1. The predicted molar refractivity (Wildman–Crippen MR) is 115 cm³/mol. The third kappa shape index (κ3) is 5.92. The van der Waals surface area contributed by atoms with E-state index in [1.165, 1.54) is 23.5 Å². The summed E-state index contributed by atoms with van der Waals surface area (Å²) in [5.74, 6) is 0. The highest BCUT2D eigenvalue weighted by atomic mass is 32.2. The Morgan fingerprint density at radius 3 is 2.12 bits per heavy atom. The first-order valence-electron chi connectivity index (χ1n) is 7.78. The lowest BCUT2D eigenvalue weighted by molar-refractivity contribution is -0.109. The quantitative estimate of drug-likeness (QED) is 0.438. The summed E-state index contributed by atoms with van der Waals surface area (Å²) in [5, 5.41) is 0.522. The van der Waals surface area contributed by atoms with Crippen molar-refractivity contribution < 1.29 is 9.53 Å². The van der Waals surface area contributed by atoms with Crippen LogP contribution in [0.15, 0.2) is 58.3 Å². The van der Waals surface area contributed by atoms with Gasteiger partial charge in [0.25, 0.3) is 0 Å². The third-order valence-electron chi connectivity index (χ3n) is 3.11.